The number of hydrogen-bond acceptors (Lipinski definition) is 3. The molecule has 1 atom stereocenters. The summed E-state index contributed by atoms with van der Waals surface area (Å²) >= 11 is 0. The Balaban J connectivity index is 1.77. The van der Waals surface area contributed by atoms with E-state index < -0.39 is 0 Å². The number of rotatable bonds is 6. The SMILES string of the molecule is CC[C@@H](NC1CCCCC1)c1nc2ccccc2c(=O)n1Cc1ccccc1. The monoisotopic (exact) mass is 375 g/mol. The molecule has 1 aliphatic rings. The van der Waals surface area contributed by atoms with Crippen LogP contribution in [0.25, 0.3) is 10.9 Å². The molecule has 1 aliphatic carbocycles. The van der Waals surface area contributed by atoms with E-state index in [9.17, 15) is 4.79 Å². The number of hydrogen-bond donors (Lipinski definition) is 1. The van der Waals surface area contributed by atoms with E-state index in [1.54, 1.807) is 0 Å². The Kier molecular flexibility index (Phi) is 5.87. The smallest absolute Gasteiger partial charge is 0.261 e. The van der Waals surface area contributed by atoms with Crippen molar-refractivity contribution in [3.63, 3.8) is 0 Å². The van der Waals surface area contributed by atoms with Crippen LogP contribution in [0.15, 0.2) is 59.4 Å². The van der Waals surface area contributed by atoms with Gasteiger partial charge < -0.3 is 5.32 Å². The van der Waals surface area contributed by atoms with E-state index >= 15 is 0 Å². The molecule has 28 heavy (non-hydrogen) atoms. The topological polar surface area (TPSA) is 46.9 Å². The fourth-order valence-corrected chi connectivity index (χ4v) is 4.30. The summed E-state index contributed by atoms with van der Waals surface area (Å²) in [5, 5.41) is 4.51. The lowest BCUT2D eigenvalue weighted by Gasteiger charge is -2.29. The van der Waals surface area contributed by atoms with Crippen molar-refractivity contribution in [3.8, 4) is 0 Å². The molecule has 0 spiro atoms. The van der Waals surface area contributed by atoms with Gasteiger partial charge in [0.1, 0.15) is 5.82 Å². The van der Waals surface area contributed by atoms with Crippen molar-refractivity contribution in [1.29, 1.82) is 0 Å². The second-order valence-electron chi connectivity index (χ2n) is 7.83. The second-order valence-corrected chi connectivity index (χ2v) is 7.83. The Morgan fingerprint density at radius 2 is 1.75 bits per heavy atom. The van der Waals surface area contributed by atoms with Gasteiger partial charge in [-0.3, -0.25) is 9.36 Å². The molecule has 0 radical (unpaired) electrons. The zero-order valence-electron chi connectivity index (χ0n) is 16.6. The van der Waals surface area contributed by atoms with Crippen molar-refractivity contribution < 1.29 is 0 Å². The van der Waals surface area contributed by atoms with Crippen LogP contribution < -0.4 is 10.9 Å². The van der Waals surface area contributed by atoms with E-state index in [2.05, 4.69) is 24.4 Å². The highest BCUT2D eigenvalue weighted by Gasteiger charge is 2.23. The molecule has 0 bridgehead atoms. The summed E-state index contributed by atoms with van der Waals surface area (Å²) in [6.45, 7) is 2.73. The molecule has 1 N–H and O–H groups in total. The molecule has 0 amide bonds. The van der Waals surface area contributed by atoms with E-state index in [0.29, 0.717) is 18.0 Å². The number of aromatic nitrogens is 2. The van der Waals surface area contributed by atoms with Gasteiger partial charge >= 0.3 is 0 Å². The minimum atomic E-state index is 0.0494. The van der Waals surface area contributed by atoms with Crippen LogP contribution in [0.5, 0.6) is 0 Å². The van der Waals surface area contributed by atoms with Crippen molar-refractivity contribution in [3.05, 3.63) is 76.3 Å². The molecule has 1 fully saturated rings. The van der Waals surface area contributed by atoms with E-state index in [4.69, 9.17) is 4.98 Å². The Hall–Kier alpha value is -2.46. The third kappa shape index (κ3) is 4.02. The maximum atomic E-state index is 13.4. The van der Waals surface area contributed by atoms with Crippen LogP contribution in [-0.4, -0.2) is 15.6 Å². The molecule has 3 aromatic rings. The fourth-order valence-electron chi connectivity index (χ4n) is 4.30. The maximum Gasteiger partial charge on any atom is 0.261 e. The number of nitrogens with zero attached hydrogens (tertiary/aromatic N) is 2. The Morgan fingerprint density at radius 1 is 1.04 bits per heavy atom. The standard InChI is InChI=1S/C24H29N3O/c1-2-21(25-19-13-7-4-8-14-19)23-26-22-16-10-9-15-20(22)24(28)27(23)17-18-11-5-3-6-12-18/h3,5-6,9-12,15-16,19,21,25H,2,4,7-8,13-14,17H2,1H3/t21-/m1/s1. The van der Waals surface area contributed by atoms with Crippen LogP contribution in [0.4, 0.5) is 0 Å². The van der Waals surface area contributed by atoms with Crippen LogP contribution in [-0.2, 0) is 6.54 Å². The summed E-state index contributed by atoms with van der Waals surface area (Å²) in [5.41, 5.74) is 1.96. The van der Waals surface area contributed by atoms with Crippen molar-refractivity contribution in [2.24, 2.45) is 0 Å². The lowest BCUT2D eigenvalue weighted by molar-refractivity contribution is 0.323. The molecule has 4 heteroatoms. The molecule has 2 aromatic carbocycles. The zero-order chi connectivity index (χ0) is 19.3. The summed E-state index contributed by atoms with van der Waals surface area (Å²) in [6.07, 6.45) is 7.25. The second kappa shape index (κ2) is 8.70. The Bertz CT molecular complexity index is 974. The van der Waals surface area contributed by atoms with Gasteiger partial charge in [-0.1, -0.05) is 68.7 Å². The predicted octanol–water partition coefficient (Wildman–Crippen LogP) is 4.82. The molecule has 4 rings (SSSR count). The van der Waals surface area contributed by atoms with Gasteiger partial charge in [-0.15, -0.1) is 0 Å². The van der Waals surface area contributed by atoms with Gasteiger partial charge in [-0.2, -0.15) is 0 Å². The zero-order valence-corrected chi connectivity index (χ0v) is 16.6. The quantitative estimate of drug-likeness (QED) is 0.672. The van der Waals surface area contributed by atoms with Gasteiger partial charge in [0.05, 0.1) is 23.5 Å². The minimum absolute atomic E-state index is 0.0494. The van der Waals surface area contributed by atoms with Gasteiger partial charge in [0, 0.05) is 6.04 Å². The van der Waals surface area contributed by atoms with E-state index in [1.165, 1.54) is 32.1 Å². The van der Waals surface area contributed by atoms with E-state index in [0.717, 1.165) is 23.3 Å². The molecular weight excluding hydrogens is 346 g/mol. The third-order valence-electron chi connectivity index (χ3n) is 5.84. The first kappa shape index (κ1) is 18.9. The highest BCUT2D eigenvalue weighted by molar-refractivity contribution is 5.77. The molecule has 146 valence electrons. The van der Waals surface area contributed by atoms with Crippen LogP contribution in [0.3, 0.4) is 0 Å². The lowest BCUT2D eigenvalue weighted by atomic mass is 9.94. The molecule has 0 aliphatic heterocycles. The number of benzene rings is 2. The molecular formula is C24H29N3O. The van der Waals surface area contributed by atoms with Gasteiger partial charge in [-0.05, 0) is 37.0 Å². The average Bonchev–Trinajstić information content (AvgIpc) is 2.75. The molecule has 1 heterocycles. The Morgan fingerprint density at radius 3 is 2.50 bits per heavy atom. The van der Waals surface area contributed by atoms with Crippen LogP contribution >= 0.6 is 0 Å². The maximum absolute atomic E-state index is 13.4. The largest absolute Gasteiger partial charge is 0.305 e. The van der Waals surface area contributed by atoms with E-state index in [-0.39, 0.29) is 11.6 Å². The van der Waals surface area contributed by atoms with Crippen molar-refractivity contribution in [2.45, 2.75) is 64.1 Å². The van der Waals surface area contributed by atoms with Crippen LogP contribution in [0, 0.1) is 0 Å². The molecule has 1 saturated carbocycles. The van der Waals surface area contributed by atoms with Gasteiger partial charge in [0.25, 0.3) is 5.56 Å². The van der Waals surface area contributed by atoms with Crippen LogP contribution in [0.1, 0.15) is 62.9 Å². The first-order valence-electron chi connectivity index (χ1n) is 10.6. The summed E-state index contributed by atoms with van der Waals surface area (Å²) in [5.74, 6) is 0.862. The summed E-state index contributed by atoms with van der Waals surface area (Å²) in [7, 11) is 0. The summed E-state index contributed by atoms with van der Waals surface area (Å²) < 4.78 is 1.88. The highest BCUT2D eigenvalue weighted by atomic mass is 16.1. The van der Waals surface area contributed by atoms with Crippen molar-refractivity contribution >= 4 is 10.9 Å². The van der Waals surface area contributed by atoms with Gasteiger partial charge in [0.15, 0.2) is 0 Å². The van der Waals surface area contributed by atoms with Crippen molar-refractivity contribution in [2.75, 3.05) is 0 Å². The first-order chi connectivity index (χ1) is 13.8. The molecule has 0 saturated heterocycles. The molecule has 0 unspecified atom stereocenters. The summed E-state index contributed by atoms with van der Waals surface area (Å²) in [6, 6.07) is 18.5. The van der Waals surface area contributed by atoms with Gasteiger partial charge in [0.2, 0.25) is 0 Å². The number of fused-ring (bicyclic) bond motifs is 1. The average molecular weight is 376 g/mol. The van der Waals surface area contributed by atoms with E-state index in [1.807, 2.05) is 47.0 Å². The lowest BCUT2D eigenvalue weighted by Crippen LogP contribution is -2.38. The number of para-hydroxylation sites is 1. The highest BCUT2D eigenvalue weighted by Crippen LogP contribution is 2.23. The molecule has 1 aromatic heterocycles. The molecule has 4 nitrogen and oxygen atoms in total. The first-order valence-corrected chi connectivity index (χ1v) is 10.6. The normalized spacial score (nSPS) is 16.3. The van der Waals surface area contributed by atoms with Crippen LogP contribution in [0.2, 0.25) is 0 Å². The number of nitrogens with one attached hydrogen (secondary N) is 1. The summed E-state index contributed by atoms with van der Waals surface area (Å²) in [4.78, 5) is 18.3. The van der Waals surface area contributed by atoms with Gasteiger partial charge in [-0.25, -0.2) is 4.98 Å². The Labute approximate surface area is 166 Å². The van der Waals surface area contributed by atoms with Crippen molar-refractivity contribution in [1.82, 2.24) is 14.9 Å². The third-order valence-corrected chi connectivity index (χ3v) is 5.84. The minimum Gasteiger partial charge on any atom is -0.305 e. The predicted molar refractivity (Wildman–Crippen MR) is 115 cm³/mol. The fraction of sp³-hybridized carbons (Fsp3) is 0.417.